The molecule has 4 rings (SSSR count). The summed E-state index contributed by atoms with van der Waals surface area (Å²) >= 11 is 0. The number of carbonyl (C=O) groups is 1. The number of halogens is 1. The molecule has 0 spiro atoms. The Bertz CT molecular complexity index is 1440. The molecule has 1 amide bonds. The summed E-state index contributed by atoms with van der Waals surface area (Å²) in [5, 5.41) is 8.34. The van der Waals surface area contributed by atoms with Crippen molar-refractivity contribution in [2.45, 2.75) is 23.5 Å². The SMILES string of the molecule is COc1cc(Nc2ncc(F)c(Nc3ccc4c(c3)NC(=O)C(C)(C)S4(=O)=O)n2)cc(OC)c1OC. The highest BCUT2D eigenvalue weighted by Gasteiger charge is 2.47. The molecule has 0 unspecified atom stereocenters. The first-order valence-electron chi connectivity index (χ1n) is 10.6. The standard InChI is InChI=1S/C23H24FN5O6S/c1-23(2)21(30)28-15-8-12(6-7-18(15)36(23,31)32)26-20-14(24)11-25-22(29-20)27-13-9-16(33-3)19(35-5)17(10-13)34-4/h6-11H,1-5H3,(H,28,30)(H2,25,26,27,29). The molecule has 3 N–H and O–H groups in total. The molecule has 190 valence electrons. The van der Waals surface area contributed by atoms with Gasteiger partial charge in [0.05, 0.1) is 38.1 Å². The van der Waals surface area contributed by atoms with Gasteiger partial charge in [-0.2, -0.15) is 4.98 Å². The molecule has 36 heavy (non-hydrogen) atoms. The number of hydrogen-bond acceptors (Lipinski definition) is 10. The van der Waals surface area contributed by atoms with E-state index in [-0.39, 0.29) is 22.3 Å². The second kappa shape index (κ2) is 9.15. The third-order valence-corrected chi connectivity index (χ3v) is 8.13. The first-order chi connectivity index (χ1) is 17.0. The van der Waals surface area contributed by atoms with E-state index in [9.17, 15) is 17.6 Å². The van der Waals surface area contributed by atoms with E-state index in [1.165, 1.54) is 53.4 Å². The number of ether oxygens (including phenoxy) is 3. The summed E-state index contributed by atoms with van der Waals surface area (Å²) in [7, 11) is 0.533. The van der Waals surface area contributed by atoms with Gasteiger partial charge in [0.2, 0.25) is 17.6 Å². The zero-order valence-corrected chi connectivity index (χ0v) is 20.9. The molecule has 0 fully saturated rings. The molecule has 0 saturated heterocycles. The van der Waals surface area contributed by atoms with Gasteiger partial charge in [-0.25, -0.2) is 17.8 Å². The van der Waals surface area contributed by atoms with Gasteiger partial charge in [0.25, 0.3) is 0 Å². The van der Waals surface area contributed by atoms with E-state index in [2.05, 4.69) is 25.9 Å². The maximum absolute atomic E-state index is 14.5. The van der Waals surface area contributed by atoms with Gasteiger partial charge in [-0.15, -0.1) is 0 Å². The third-order valence-electron chi connectivity index (χ3n) is 5.66. The van der Waals surface area contributed by atoms with Crippen LogP contribution in [0.15, 0.2) is 41.4 Å². The minimum Gasteiger partial charge on any atom is -0.493 e. The smallest absolute Gasteiger partial charge is 0.245 e. The zero-order chi connectivity index (χ0) is 26.3. The number of anilines is 5. The van der Waals surface area contributed by atoms with E-state index in [0.717, 1.165) is 6.20 Å². The lowest BCUT2D eigenvalue weighted by atomic mass is 10.1. The predicted molar refractivity (Wildman–Crippen MR) is 131 cm³/mol. The molecule has 2 aromatic carbocycles. The fourth-order valence-corrected chi connectivity index (χ4v) is 5.04. The van der Waals surface area contributed by atoms with Gasteiger partial charge in [0.15, 0.2) is 33.0 Å². The van der Waals surface area contributed by atoms with E-state index < -0.39 is 26.3 Å². The quantitative estimate of drug-likeness (QED) is 0.425. The van der Waals surface area contributed by atoms with Crippen molar-refractivity contribution in [2.24, 2.45) is 0 Å². The van der Waals surface area contributed by atoms with Crippen LogP contribution in [0.3, 0.4) is 0 Å². The lowest BCUT2D eigenvalue weighted by Gasteiger charge is -2.30. The molecule has 3 aromatic rings. The molecule has 0 aliphatic carbocycles. The average molecular weight is 518 g/mol. The fraction of sp³-hybridized carbons (Fsp3) is 0.261. The summed E-state index contributed by atoms with van der Waals surface area (Å²) in [6, 6.07) is 7.47. The number of amides is 1. The summed E-state index contributed by atoms with van der Waals surface area (Å²) in [6.45, 7) is 2.68. The van der Waals surface area contributed by atoms with Crippen molar-refractivity contribution in [3.63, 3.8) is 0 Å². The van der Waals surface area contributed by atoms with Crippen molar-refractivity contribution in [2.75, 3.05) is 37.3 Å². The second-order valence-corrected chi connectivity index (χ2v) is 10.7. The summed E-state index contributed by atoms with van der Waals surface area (Å²) in [4.78, 5) is 20.4. The number of methoxy groups -OCH3 is 3. The number of benzene rings is 2. The second-order valence-electron chi connectivity index (χ2n) is 8.23. The fourth-order valence-electron chi connectivity index (χ4n) is 3.54. The Labute approximate surface area is 206 Å². The Morgan fingerprint density at radius 1 is 0.972 bits per heavy atom. The number of hydrogen-bond donors (Lipinski definition) is 3. The minimum absolute atomic E-state index is 0.0226. The van der Waals surface area contributed by atoms with Crippen LogP contribution in [-0.4, -0.2) is 50.4 Å². The number of nitrogens with zero attached hydrogens (tertiary/aromatic N) is 2. The normalized spacial score (nSPS) is 15.3. The molecule has 1 aliphatic heterocycles. The van der Waals surface area contributed by atoms with Crippen LogP contribution in [0.25, 0.3) is 0 Å². The summed E-state index contributed by atoms with van der Waals surface area (Å²) < 4.78 is 54.5. The number of sulfone groups is 1. The van der Waals surface area contributed by atoms with Crippen LogP contribution in [0.4, 0.5) is 33.2 Å². The van der Waals surface area contributed by atoms with E-state index in [1.54, 1.807) is 12.1 Å². The molecule has 11 nitrogen and oxygen atoms in total. The van der Waals surface area contributed by atoms with Gasteiger partial charge in [-0.3, -0.25) is 4.79 Å². The molecule has 0 saturated carbocycles. The molecule has 0 radical (unpaired) electrons. The predicted octanol–water partition coefficient (Wildman–Crippen LogP) is 3.63. The number of fused-ring (bicyclic) bond motifs is 1. The first-order valence-corrected chi connectivity index (χ1v) is 12.1. The molecular formula is C23H24FN5O6S. The highest BCUT2D eigenvalue weighted by Crippen LogP contribution is 2.41. The topological polar surface area (TPSA) is 141 Å². The lowest BCUT2D eigenvalue weighted by molar-refractivity contribution is -0.118. The van der Waals surface area contributed by atoms with Crippen LogP contribution in [0, 0.1) is 5.82 Å². The summed E-state index contributed by atoms with van der Waals surface area (Å²) in [5.41, 5.74) is 0.890. The summed E-state index contributed by atoms with van der Waals surface area (Å²) in [5.74, 6) is -0.326. The Hall–Kier alpha value is -4.13. The third kappa shape index (κ3) is 4.21. The van der Waals surface area contributed by atoms with E-state index >= 15 is 0 Å². The van der Waals surface area contributed by atoms with E-state index in [4.69, 9.17) is 14.2 Å². The van der Waals surface area contributed by atoms with Crippen LogP contribution in [-0.2, 0) is 14.6 Å². The number of rotatable bonds is 7. The first kappa shape index (κ1) is 25.0. The van der Waals surface area contributed by atoms with Crippen molar-refractivity contribution >= 4 is 44.6 Å². The molecule has 2 heterocycles. The van der Waals surface area contributed by atoms with Gasteiger partial charge in [0.1, 0.15) is 4.75 Å². The Balaban J connectivity index is 1.63. The van der Waals surface area contributed by atoms with Crippen LogP contribution in [0.1, 0.15) is 13.8 Å². The van der Waals surface area contributed by atoms with Crippen molar-refractivity contribution in [3.05, 3.63) is 42.3 Å². The molecule has 1 aromatic heterocycles. The highest BCUT2D eigenvalue weighted by atomic mass is 32.2. The largest absolute Gasteiger partial charge is 0.493 e. The molecule has 0 bridgehead atoms. The van der Waals surface area contributed by atoms with Crippen molar-refractivity contribution in [3.8, 4) is 17.2 Å². The van der Waals surface area contributed by atoms with Crippen molar-refractivity contribution in [1.29, 1.82) is 0 Å². The van der Waals surface area contributed by atoms with Gasteiger partial charge >= 0.3 is 0 Å². The van der Waals surface area contributed by atoms with Crippen molar-refractivity contribution in [1.82, 2.24) is 9.97 Å². The number of aromatic nitrogens is 2. The Kier molecular flexibility index (Phi) is 6.35. The summed E-state index contributed by atoms with van der Waals surface area (Å²) in [6.07, 6.45) is 0.975. The number of carbonyl (C=O) groups excluding carboxylic acids is 1. The van der Waals surface area contributed by atoms with Crippen LogP contribution < -0.4 is 30.2 Å². The van der Waals surface area contributed by atoms with E-state index in [0.29, 0.717) is 28.6 Å². The maximum Gasteiger partial charge on any atom is 0.245 e. The average Bonchev–Trinajstić information content (AvgIpc) is 2.84. The maximum atomic E-state index is 14.5. The zero-order valence-electron chi connectivity index (χ0n) is 20.1. The Morgan fingerprint density at radius 2 is 1.64 bits per heavy atom. The van der Waals surface area contributed by atoms with Gasteiger partial charge in [-0.05, 0) is 32.0 Å². The number of nitrogens with one attached hydrogen (secondary N) is 3. The molecule has 13 heteroatoms. The highest BCUT2D eigenvalue weighted by molar-refractivity contribution is 7.94. The van der Waals surface area contributed by atoms with E-state index in [1.807, 2.05) is 0 Å². The van der Waals surface area contributed by atoms with Gasteiger partial charge in [-0.1, -0.05) is 0 Å². The lowest BCUT2D eigenvalue weighted by Crippen LogP contribution is -2.48. The van der Waals surface area contributed by atoms with Gasteiger partial charge in [0, 0.05) is 23.5 Å². The molecule has 1 aliphatic rings. The van der Waals surface area contributed by atoms with Gasteiger partial charge < -0.3 is 30.2 Å². The Morgan fingerprint density at radius 3 is 2.25 bits per heavy atom. The molecular weight excluding hydrogens is 493 g/mol. The van der Waals surface area contributed by atoms with Crippen LogP contribution in [0.2, 0.25) is 0 Å². The monoisotopic (exact) mass is 517 g/mol. The van der Waals surface area contributed by atoms with Crippen LogP contribution in [0.5, 0.6) is 17.2 Å². The van der Waals surface area contributed by atoms with Crippen molar-refractivity contribution < 1.29 is 31.8 Å². The minimum atomic E-state index is -3.90. The molecule has 0 atom stereocenters. The van der Waals surface area contributed by atoms with Crippen LogP contribution >= 0.6 is 0 Å².